The molecule has 0 unspecified atom stereocenters. The summed E-state index contributed by atoms with van der Waals surface area (Å²) >= 11 is 0. The van der Waals surface area contributed by atoms with Gasteiger partial charge in [-0.05, 0) is 19.1 Å². The molecule has 0 saturated carbocycles. The first-order valence-electron chi connectivity index (χ1n) is 6.08. The zero-order valence-electron chi connectivity index (χ0n) is 11.4. The molecule has 0 aliphatic heterocycles. The predicted molar refractivity (Wildman–Crippen MR) is 71.5 cm³/mol. The summed E-state index contributed by atoms with van der Waals surface area (Å²) in [5.41, 5.74) is 1.65. The molecule has 0 atom stereocenters. The molecule has 1 aromatic rings. The fourth-order valence-electron chi connectivity index (χ4n) is 1.25. The molecular weight excluding hydrogens is 230 g/mol. The fourth-order valence-corrected chi connectivity index (χ4v) is 1.25. The van der Waals surface area contributed by atoms with E-state index in [1.807, 2.05) is 32.9 Å². The van der Waals surface area contributed by atoms with Crippen molar-refractivity contribution in [3.8, 4) is 0 Å². The molecule has 0 aromatic heterocycles. The molecule has 0 radical (unpaired) electrons. The van der Waals surface area contributed by atoms with E-state index in [1.54, 1.807) is 12.1 Å². The SMILES string of the molecule is CC.CC(=O)OCCNC(=O)c1cccc(C)c1. The fraction of sp³-hybridized carbons (Fsp3) is 0.429. The molecule has 1 N–H and O–H groups in total. The molecule has 0 saturated heterocycles. The molecule has 4 heteroatoms. The Morgan fingerprint density at radius 1 is 1.28 bits per heavy atom. The number of rotatable bonds is 4. The van der Waals surface area contributed by atoms with Gasteiger partial charge in [0.15, 0.2) is 0 Å². The van der Waals surface area contributed by atoms with Gasteiger partial charge in [0.05, 0.1) is 6.54 Å². The van der Waals surface area contributed by atoms with Gasteiger partial charge in [-0.25, -0.2) is 0 Å². The number of ether oxygens (including phenoxy) is 1. The summed E-state index contributed by atoms with van der Waals surface area (Å²) in [7, 11) is 0. The third-order valence-electron chi connectivity index (χ3n) is 1.97. The first kappa shape index (κ1) is 16.2. The molecule has 1 amide bonds. The number of esters is 1. The second-order valence-electron chi connectivity index (χ2n) is 3.47. The first-order chi connectivity index (χ1) is 8.59. The van der Waals surface area contributed by atoms with Gasteiger partial charge in [0.25, 0.3) is 5.91 Å². The maximum Gasteiger partial charge on any atom is 0.302 e. The monoisotopic (exact) mass is 251 g/mol. The Labute approximate surface area is 108 Å². The van der Waals surface area contributed by atoms with Crippen LogP contribution in [0.5, 0.6) is 0 Å². The van der Waals surface area contributed by atoms with Crippen molar-refractivity contribution in [2.75, 3.05) is 13.2 Å². The third kappa shape index (κ3) is 6.68. The first-order valence-corrected chi connectivity index (χ1v) is 6.08. The molecular formula is C14H21NO3. The van der Waals surface area contributed by atoms with Crippen LogP contribution in [0, 0.1) is 6.92 Å². The number of benzene rings is 1. The van der Waals surface area contributed by atoms with Gasteiger partial charge >= 0.3 is 5.97 Å². The number of amides is 1. The molecule has 18 heavy (non-hydrogen) atoms. The van der Waals surface area contributed by atoms with Crippen LogP contribution >= 0.6 is 0 Å². The van der Waals surface area contributed by atoms with Gasteiger partial charge < -0.3 is 10.1 Å². The topological polar surface area (TPSA) is 55.4 Å². The zero-order chi connectivity index (χ0) is 14.0. The Kier molecular flexibility index (Phi) is 8.27. The summed E-state index contributed by atoms with van der Waals surface area (Å²) in [4.78, 5) is 22.1. The lowest BCUT2D eigenvalue weighted by Crippen LogP contribution is -2.27. The smallest absolute Gasteiger partial charge is 0.302 e. The lowest BCUT2D eigenvalue weighted by atomic mass is 10.1. The molecule has 1 aromatic carbocycles. The second-order valence-corrected chi connectivity index (χ2v) is 3.47. The van der Waals surface area contributed by atoms with Crippen LogP contribution < -0.4 is 5.32 Å². The number of hydrogen-bond acceptors (Lipinski definition) is 3. The Hall–Kier alpha value is -1.84. The van der Waals surface area contributed by atoms with Crippen LogP contribution in [-0.4, -0.2) is 25.0 Å². The average molecular weight is 251 g/mol. The van der Waals surface area contributed by atoms with E-state index >= 15 is 0 Å². The molecule has 0 aliphatic carbocycles. The minimum atomic E-state index is -0.343. The van der Waals surface area contributed by atoms with Gasteiger partial charge in [0, 0.05) is 12.5 Å². The lowest BCUT2D eigenvalue weighted by molar-refractivity contribution is -0.140. The van der Waals surface area contributed by atoms with E-state index in [9.17, 15) is 9.59 Å². The molecule has 0 spiro atoms. The summed E-state index contributed by atoms with van der Waals surface area (Å²) in [5.74, 6) is -0.499. The normalized spacial score (nSPS) is 8.89. The highest BCUT2D eigenvalue weighted by Gasteiger charge is 2.04. The molecule has 0 heterocycles. The summed E-state index contributed by atoms with van der Waals surface area (Å²) in [6.07, 6.45) is 0. The maximum absolute atomic E-state index is 11.6. The number of nitrogens with one attached hydrogen (secondary N) is 1. The van der Waals surface area contributed by atoms with Crippen LogP contribution in [0.15, 0.2) is 24.3 Å². The van der Waals surface area contributed by atoms with Crippen molar-refractivity contribution < 1.29 is 14.3 Å². The van der Waals surface area contributed by atoms with E-state index in [1.165, 1.54) is 6.92 Å². The highest BCUT2D eigenvalue weighted by Crippen LogP contribution is 2.03. The molecule has 1 rings (SSSR count). The minimum absolute atomic E-state index is 0.157. The third-order valence-corrected chi connectivity index (χ3v) is 1.97. The number of carbonyl (C=O) groups excluding carboxylic acids is 2. The van der Waals surface area contributed by atoms with Crippen molar-refractivity contribution in [2.45, 2.75) is 27.7 Å². The second kappa shape index (κ2) is 9.22. The number of aryl methyl sites for hydroxylation is 1. The lowest BCUT2D eigenvalue weighted by Gasteiger charge is -2.05. The quantitative estimate of drug-likeness (QED) is 0.660. The van der Waals surface area contributed by atoms with Gasteiger partial charge in [-0.15, -0.1) is 0 Å². The van der Waals surface area contributed by atoms with E-state index in [2.05, 4.69) is 5.32 Å². The van der Waals surface area contributed by atoms with Crippen molar-refractivity contribution in [3.63, 3.8) is 0 Å². The van der Waals surface area contributed by atoms with Crippen LogP contribution in [0.1, 0.15) is 36.7 Å². The predicted octanol–water partition coefficient (Wildman–Crippen LogP) is 2.31. The van der Waals surface area contributed by atoms with Gasteiger partial charge in [-0.1, -0.05) is 31.5 Å². The summed E-state index contributed by atoms with van der Waals surface area (Å²) in [5, 5.41) is 2.67. The van der Waals surface area contributed by atoms with E-state index < -0.39 is 0 Å². The minimum Gasteiger partial charge on any atom is -0.464 e. The van der Waals surface area contributed by atoms with Crippen molar-refractivity contribution >= 4 is 11.9 Å². The molecule has 0 aliphatic rings. The zero-order valence-corrected chi connectivity index (χ0v) is 11.4. The van der Waals surface area contributed by atoms with Crippen LogP contribution in [0.2, 0.25) is 0 Å². The largest absolute Gasteiger partial charge is 0.464 e. The summed E-state index contributed by atoms with van der Waals surface area (Å²) < 4.78 is 4.70. The number of carbonyl (C=O) groups is 2. The van der Waals surface area contributed by atoms with Crippen molar-refractivity contribution in [1.29, 1.82) is 0 Å². The Bertz CT molecular complexity index is 388. The van der Waals surface area contributed by atoms with Crippen LogP contribution in [0.4, 0.5) is 0 Å². The van der Waals surface area contributed by atoms with Gasteiger partial charge in [-0.2, -0.15) is 0 Å². The van der Waals surface area contributed by atoms with Crippen LogP contribution in [0.3, 0.4) is 0 Å². The summed E-state index contributed by atoms with van der Waals surface area (Å²) in [6.45, 7) is 7.79. The highest BCUT2D eigenvalue weighted by molar-refractivity contribution is 5.94. The van der Waals surface area contributed by atoms with E-state index in [-0.39, 0.29) is 18.5 Å². The number of hydrogen-bond donors (Lipinski definition) is 1. The van der Waals surface area contributed by atoms with Crippen LogP contribution in [-0.2, 0) is 9.53 Å². The van der Waals surface area contributed by atoms with Crippen molar-refractivity contribution in [3.05, 3.63) is 35.4 Å². The molecule has 100 valence electrons. The van der Waals surface area contributed by atoms with Crippen molar-refractivity contribution in [2.24, 2.45) is 0 Å². The Balaban J connectivity index is 0.00000137. The average Bonchev–Trinajstić information content (AvgIpc) is 2.36. The van der Waals surface area contributed by atoms with E-state index in [4.69, 9.17) is 4.74 Å². The van der Waals surface area contributed by atoms with Crippen LogP contribution in [0.25, 0.3) is 0 Å². The molecule has 0 fully saturated rings. The van der Waals surface area contributed by atoms with E-state index in [0.717, 1.165) is 5.56 Å². The standard InChI is InChI=1S/C12H15NO3.C2H6/c1-9-4-3-5-11(8-9)12(15)13-6-7-16-10(2)14;1-2/h3-5,8H,6-7H2,1-2H3,(H,13,15);1-2H3. The van der Waals surface area contributed by atoms with Gasteiger partial charge in [0.2, 0.25) is 0 Å². The van der Waals surface area contributed by atoms with Gasteiger partial charge in [0.1, 0.15) is 6.61 Å². The highest BCUT2D eigenvalue weighted by atomic mass is 16.5. The molecule has 0 bridgehead atoms. The Morgan fingerprint density at radius 3 is 2.50 bits per heavy atom. The van der Waals surface area contributed by atoms with Crippen molar-refractivity contribution in [1.82, 2.24) is 5.32 Å². The Morgan fingerprint density at radius 2 is 1.94 bits per heavy atom. The molecule has 4 nitrogen and oxygen atoms in total. The summed E-state index contributed by atoms with van der Waals surface area (Å²) in [6, 6.07) is 7.31. The van der Waals surface area contributed by atoms with E-state index in [0.29, 0.717) is 12.1 Å². The van der Waals surface area contributed by atoms with Gasteiger partial charge in [-0.3, -0.25) is 9.59 Å². The maximum atomic E-state index is 11.6.